The summed E-state index contributed by atoms with van der Waals surface area (Å²) in [5.74, 6) is -0.00227. The fraction of sp³-hybridized carbons (Fsp3) is 0.333. The normalized spacial score (nSPS) is 10.9. The van der Waals surface area contributed by atoms with Gasteiger partial charge in [-0.1, -0.05) is 5.16 Å². The Morgan fingerprint density at radius 3 is 2.78 bits per heavy atom. The van der Waals surface area contributed by atoms with Gasteiger partial charge in [0, 0.05) is 0 Å². The van der Waals surface area contributed by atoms with Crippen LogP contribution in [0.15, 0.2) is 17.3 Å². The highest BCUT2D eigenvalue weighted by Gasteiger charge is 1.76. The number of allylic oxidation sites excluding steroid dienone is 2. The van der Waals surface area contributed by atoms with Gasteiger partial charge in [-0.05, 0) is 19.1 Å². The van der Waals surface area contributed by atoms with E-state index in [1.165, 1.54) is 32.4 Å². The van der Waals surface area contributed by atoms with Crippen LogP contribution in [0.3, 0.4) is 0 Å². The second-order valence-electron chi connectivity index (χ2n) is 1.41. The van der Waals surface area contributed by atoms with Crippen LogP contribution < -0.4 is 0 Å². The maximum atomic E-state index is 10.2. The Labute approximate surface area is 54.0 Å². The van der Waals surface area contributed by atoms with E-state index in [1.54, 1.807) is 0 Å². The molecule has 0 unspecified atom stereocenters. The lowest BCUT2D eigenvalue weighted by Crippen LogP contribution is -1.79. The maximum Gasteiger partial charge on any atom is 0.152 e. The first-order valence-corrected chi connectivity index (χ1v) is 2.51. The highest BCUT2D eigenvalue weighted by molar-refractivity contribution is 5.91. The van der Waals surface area contributed by atoms with Gasteiger partial charge in [-0.2, -0.15) is 0 Å². The minimum atomic E-state index is -0.00227. The lowest BCUT2D eigenvalue weighted by molar-refractivity contribution is -0.112. The van der Waals surface area contributed by atoms with Crippen LogP contribution >= 0.6 is 0 Å². The molecule has 0 radical (unpaired) electrons. The molecule has 0 aliphatic rings. The van der Waals surface area contributed by atoms with Gasteiger partial charge >= 0.3 is 0 Å². The molecular formula is C6H9NO2. The fourth-order valence-corrected chi connectivity index (χ4v) is 0.275. The molecule has 0 amide bonds. The van der Waals surface area contributed by atoms with Crippen molar-refractivity contribution in [2.75, 3.05) is 7.11 Å². The second-order valence-corrected chi connectivity index (χ2v) is 1.41. The van der Waals surface area contributed by atoms with Crippen LogP contribution in [-0.4, -0.2) is 19.1 Å². The predicted octanol–water partition coefficient (Wildman–Crippen LogP) is 0.764. The molecule has 0 aliphatic heterocycles. The highest BCUT2D eigenvalue weighted by atomic mass is 16.6. The van der Waals surface area contributed by atoms with Crippen LogP contribution in [-0.2, 0) is 9.63 Å². The van der Waals surface area contributed by atoms with E-state index in [2.05, 4.69) is 9.99 Å². The summed E-state index contributed by atoms with van der Waals surface area (Å²) >= 11 is 0. The third kappa shape index (κ3) is 6.88. The quantitative estimate of drug-likeness (QED) is 0.319. The largest absolute Gasteiger partial charge is 0.399 e. The Balaban J connectivity index is 3.47. The Morgan fingerprint density at radius 2 is 2.33 bits per heavy atom. The molecule has 0 spiro atoms. The van der Waals surface area contributed by atoms with Crippen molar-refractivity contribution in [2.24, 2.45) is 5.16 Å². The zero-order chi connectivity index (χ0) is 7.11. The molecule has 0 saturated heterocycles. The van der Waals surface area contributed by atoms with Crippen molar-refractivity contribution in [1.29, 1.82) is 0 Å². The molecule has 0 atom stereocenters. The Morgan fingerprint density at radius 1 is 1.67 bits per heavy atom. The van der Waals surface area contributed by atoms with E-state index in [9.17, 15) is 4.79 Å². The lowest BCUT2D eigenvalue weighted by atomic mass is 10.4. The fourth-order valence-electron chi connectivity index (χ4n) is 0.275. The molecular weight excluding hydrogens is 118 g/mol. The third-order valence-corrected chi connectivity index (χ3v) is 0.583. The molecule has 0 N–H and O–H groups in total. The van der Waals surface area contributed by atoms with E-state index in [4.69, 9.17) is 0 Å². The topological polar surface area (TPSA) is 38.7 Å². The predicted molar refractivity (Wildman–Crippen MR) is 35.3 cm³/mol. The van der Waals surface area contributed by atoms with Gasteiger partial charge in [0.1, 0.15) is 7.11 Å². The number of nitrogens with zero attached hydrogens (tertiary/aromatic N) is 1. The number of rotatable bonds is 3. The van der Waals surface area contributed by atoms with E-state index in [0.717, 1.165) is 0 Å². The molecule has 50 valence electrons. The molecule has 3 nitrogen and oxygen atoms in total. The van der Waals surface area contributed by atoms with Crippen molar-refractivity contribution in [1.82, 2.24) is 0 Å². The highest BCUT2D eigenvalue weighted by Crippen LogP contribution is 1.72. The number of ketones is 1. The summed E-state index contributed by atoms with van der Waals surface area (Å²) in [6, 6.07) is 0. The molecule has 0 heterocycles. The molecule has 0 aromatic carbocycles. The van der Waals surface area contributed by atoms with Crippen molar-refractivity contribution in [3.8, 4) is 0 Å². The molecule has 0 saturated carbocycles. The van der Waals surface area contributed by atoms with Crippen molar-refractivity contribution >= 4 is 12.0 Å². The van der Waals surface area contributed by atoms with E-state index in [0.29, 0.717) is 0 Å². The Bertz CT molecular complexity index is 138. The van der Waals surface area contributed by atoms with Crippen molar-refractivity contribution < 1.29 is 9.63 Å². The van der Waals surface area contributed by atoms with Crippen molar-refractivity contribution in [3.63, 3.8) is 0 Å². The number of oxime groups is 1. The first-order chi connectivity index (χ1) is 4.27. The van der Waals surface area contributed by atoms with E-state index < -0.39 is 0 Å². The standard InChI is InChI=1S/C6H9NO2/c1-6(8)4-3-5-7-9-2/h3-5H,1-2H3/b4-3+,7-5?. The van der Waals surface area contributed by atoms with E-state index in [1.807, 2.05) is 0 Å². The van der Waals surface area contributed by atoms with Crippen molar-refractivity contribution in [3.05, 3.63) is 12.2 Å². The first-order valence-electron chi connectivity index (χ1n) is 2.51. The van der Waals surface area contributed by atoms with Crippen LogP contribution in [0.1, 0.15) is 6.92 Å². The van der Waals surface area contributed by atoms with Gasteiger partial charge in [0.25, 0.3) is 0 Å². The zero-order valence-corrected chi connectivity index (χ0v) is 5.50. The summed E-state index contributed by atoms with van der Waals surface area (Å²) in [5, 5.41) is 3.38. The minimum absolute atomic E-state index is 0.00227. The second kappa shape index (κ2) is 5.03. The van der Waals surface area contributed by atoms with Crippen molar-refractivity contribution in [2.45, 2.75) is 6.92 Å². The van der Waals surface area contributed by atoms with Crippen LogP contribution in [0, 0.1) is 0 Å². The lowest BCUT2D eigenvalue weighted by Gasteiger charge is -1.78. The summed E-state index contributed by atoms with van der Waals surface area (Å²) in [6.45, 7) is 1.47. The molecule has 0 aromatic heterocycles. The number of carbonyl (C=O) groups is 1. The number of carbonyl (C=O) groups excluding carboxylic acids is 1. The van der Waals surface area contributed by atoms with Gasteiger partial charge < -0.3 is 4.84 Å². The Kier molecular flexibility index (Phi) is 4.40. The maximum absolute atomic E-state index is 10.2. The van der Waals surface area contributed by atoms with E-state index in [-0.39, 0.29) is 5.78 Å². The summed E-state index contributed by atoms with van der Waals surface area (Å²) < 4.78 is 0. The summed E-state index contributed by atoms with van der Waals surface area (Å²) in [4.78, 5) is 14.5. The average molecular weight is 127 g/mol. The molecule has 0 aliphatic carbocycles. The van der Waals surface area contributed by atoms with Crippen LogP contribution in [0.2, 0.25) is 0 Å². The third-order valence-electron chi connectivity index (χ3n) is 0.583. The first kappa shape index (κ1) is 7.88. The monoisotopic (exact) mass is 127 g/mol. The summed E-state index contributed by atoms with van der Waals surface area (Å²) in [7, 11) is 1.44. The van der Waals surface area contributed by atoms with Gasteiger partial charge in [-0.15, -0.1) is 0 Å². The van der Waals surface area contributed by atoms with Crippen LogP contribution in [0.25, 0.3) is 0 Å². The zero-order valence-electron chi connectivity index (χ0n) is 5.50. The average Bonchev–Trinajstić information content (AvgIpc) is 1.80. The van der Waals surface area contributed by atoms with Gasteiger partial charge in [0.15, 0.2) is 5.78 Å². The molecule has 0 fully saturated rings. The van der Waals surface area contributed by atoms with Gasteiger partial charge in [-0.25, -0.2) is 0 Å². The molecule has 3 heteroatoms. The summed E-state index contributed by atoms with van der Waals surface area (Å²) in [6.07, 6.45) is 4.33. The van der Waals surface area contributed by atoms with Gasteiger partial charge in [-0.3, -0.25) is 4.79 Å². The van der Waals surface area contributed by atoms with Crippen LogP contribution in [0.5, 0.6) is 0 Å². The minimum Gasteiger partial charge on any atom is -0.399 e. The smallest absolute Gasteiger partial charge is 0.152 e. The van der Waals surface area contributed by atoms with E-state index >= 15 is 0 Å². The number of hydrogen-bond acceptors (Lipinski definition) is 3. The van der Waals surface area contributed by atoms with Gasteiger partial charge in [0.05, 0.1) is 6.21 Å². The summed E-state index contributed by atoms with van der Waals surface area (Å²) in [5.41, 5.74) is 0. The Hall–Kier alpha value is -1.12. The molecule has 9 heavy (non-hydrogen) atoms. The molecule has 0 rings (SSSR count). The molecule has 0 bridgehead atoms. The number of hydrogen-bond donors (Lipinski definition) is 0. The SMILES string of the molecule is CON=C/C=C/C(C)=O. The van der Waals surface area contributed by atoms with Gasteiger partial charge in [0.2, 0.25) is 0 Å². The van der Waals surface area contributed by atoms with Crippen LogP contribution in [0.4, 0.5) is 0 Å². The molecule has 0 aromatic rings.